The molecule has 0 spiro atoms. The number of carbonyl (C=O) groups excluding carboxylic acids is 3. The van der Waals surface area contributed by atoms with Crippen LogP contribution in [0.15, 0.2) is 42.5 Å². The number of methoxy groups -OCH3 is 1. The molecule has 0 aliphatic carbocycles. The number of hydrogen-bond donors (Lipinski definition) is 2. The zero-order valence-corrected chi connectivity index (χ0v) is 18.7. The van der Waals surface area contributed by atoms with E-state index < -0.39 is 18.5 Å². The van der Waals surface area contributed by atoms with Gasteiger partial charge in [0, 0.05) is 12.1 Å². The first-order valence-corrected chi connectivity index (χ1v) is 10.1. The molecule has 0 unspecified atom stereocenters. The third-order valence-electron chi connectivity index (χ3n) is 4.62. The first kappa shape index (κ1) is 23.9. The SMILES string of the molecule is COc1ccc(C)cc1NC(=O)COC(=O)CCNC(=O)c1ccc(C(C)(C)C)cc1. The molecule has 0 aliphatic rings. The van der Waals surface area contributed by atoms with E-state index in [-0.39, 0.29) is 24.3 Å². The fraction of sp³-hybridized carbons (Fsp3) is 0.375. The zero-order chi connectivity index (χ0) is 23.0. The second kappa shape index (κ2) is 10.6. The molecule has 2 aromatic rings. The van der Waals surface area contributed by atoms with Crippen LogP contribution in [0.3, 0.4) is 0 Å². The van der Waals surface area contributed by atoms with E-state index in [0.717, 1.165) is 11.1 Å². The van der Waals surface area contributed by atoms with Gasteiger partial charge in [0.15, 0.2) is 6.61 Å². The number of esters is 1. The highest BCUT2D eigenvalue weighted by atomic mass is 16.5. The second-order valence-corrected chi connectivity index (χ2v) is 8.25. The van der Waals surface area contributed by atoms with Gasteiger partial charge in [-0.25, -0.2) is 0 Å². The van der Waals surface area contributed by atoms with Crippen molar-refractivity contribution in [2.75, 3.05) is 25.6 Å². The summed E-state index contributed by atoms with van der Waals surface area (Å²) < 4.78 is 10.2. The summed E-state index contributed by atoms with van der Waals surface area (Å²) in [4.78, 5) is 36.1. The summed E-state index contributed by atoms with van der Waals surface area (Å²) >= 11 is 0. The van der Waals surface area contributed by atoms with E-state index in [1.54, 1.807) is 24.3 Å². The largest absolute Gasteiger partial charge is 0.495 e. The number of rotatable bonds is 8. The number of carbonyl (C=O) groups is 3. The monoisotopic (exact) mass is 426 g/mol. The van der Waals surface area contributed by atoms with Crippen LogP contribution in [0.5, 0.6) is 5.75 Å². The van der Waals surface area contributed by atoms with Crippen LogP contribution < -0.4 is 15.4 Å². The zero-order valence-electron chi connectivity index (χ0n) is 18.7. The Labute approximate surface area is 183 Å². The van der Waals surface area contributed by atoms with E-state index in [2.05, 4.69) is 31.4 Å². The molecular formula is C24H30N2O5. The Bertz CT molecular complexity index is 930. The molecule has 0 atom stereocenters. The number of ether oxygens (including phenoxy) is 2. The smallest absolute Gasteiger partial charge is 0.308 e. The number of hydrogen-bond acceptors (Lipinski definition) is 5. The summed E-state index contributed by atoms with van der Waals surface area (Å²) in [6.45, 7) is 7.90. The van der Waals surface area contributed by atoms with Crippen molar-refractivity contribution in [2.45, 2.75) is 39.5 Å². The molecule has 0 aliphatic heterocycles. The summed E-state index contributed by atoms with van der Waals surface area (Å²) in [5, 5.41) is 5.34. The second-order valence-electron chi connectivity index (χ2n) is 8.25. The van der Waals surface area contributed by atoms with Crippen molar-refractivity contribution in [3.05, 3.63) is 59.2 Å². The maximum atomic E-state index is 12.2. The normalized spacial score (nSPS) is 10.9. The van der Waals surface area contributed by atoms with Crippen molar-refractivity contribution < 1.29 is 23.9 Å². The quantitative estimate of drug-likeness (QED) is 0.629. The molecule has 0 aromatic heterocycles. The Morgan fingerprint density at radius 3 is 2.29 bits per heavy atom. The van der Waals surface area contributed by atoms with Crippen LogP contribution in [0, 0.1) is 6.92 Å². The first-order valence-electron chi connectivity index (χ1n) is 10.1. The Morgan fingerprint density at radius 1 is 1.00 bits per heavy atom. The van der Waals surface area contributed by atoms with Gasteiger partial charge < -0.3 is 20.1 Å². The molecule has 2 rings (SSSR count). The molecule has 2 aromatic carbocycles. The maximum absolute atomic E-state index is 12.2. The number of nitrogens with one attached hydrogen (secondary N) is 2. The summed E-state index contributed by atoms with van der Waals surface area (Å²) in [6, 6.07) is 12.7. The van der Waals surface area contributed by atoms with Crippen LogP contribution >= 0.6 is 0 Å². The molecule has 0 heterocycles. The Balaban J connectivity index is 1.74. The molecule has 7 heteroatoms. The molecule has 166 valence electrons. The summed E-state index contributed by atoms with van der Waals surface area (Å²) in [7, 11) is 1.51. The molecule has 2 amide bonds. The summed E-state index contributed by atoms with van der Waals surface area (Å²) in [5.74, 6) is -0.795. The average Bonchev–Trinajstić information content (AvgIpc) is 2.72. The predicted octanol–water partition coefficient (Wildman–Crippen LogP) is 3.60. The Hall–Kier alpha value is -3.35. The maximum Gasteiger partial charge on any atom is 0.308 e. The van der Waals surface area contributed by atoms with Crippen molar-refractivity contribution in [1.29, 1.82) is 0 Å². The van der Waals surface area contributed by atoms with Crippen LogP contribution in [0.2, 0.25) is 0 Å². The highest BCUT2D eigenvalue weighted by Gasteiger charge is 2.15. The van der Waals surface area contributed by atoms with Crippen LogP contribution in [0.1, 0.15) is 48.7 Å². The number of amides is 2. The minimum atomic E-state index is -0.574. The standard InChI is InChI=1S/C24H30N2O5/c1-16-6-11-20(30-5)19(14-16)26-21(27)15-31-22(28)12-13-25-23(29)17-7-9-18(10-8-17)24(2,3)4/h6-11,14H,12-13,15H2,1-5H3,(H,25,29)(H,26,27). The molecule has 0 radical (unpaired) electrons. The molecule has 2 N–H and O–H groups in total. The van der Waals surface area contributed by atoms with Crippen LogP contribution in [-0.4, -0.2) is 38.0 Å². The van der Waals surface area contributed by atoms with Gasteiger partial charge >= 0.3 is 5.97 Å². The molecular weight excluding hydrogens is 396 g/mol. The fourth-order valence-electron chi connectivity index (χ4n) is 2.83. The molecule has 0 fully saturated rings. The topological polar surface area (TPSA) is 93.7 Å². The number of anilines is 1. The van der Waals surface area contributed by atoms with Crippen molar-refractivity contribution in [1.82, 2.24) is 5.32 Å². The lowest BCUT2D eigenvalue weighted by Crippen LogP contribution is -2.28. The molecule has 7 nitrogen and oxygen atoms in total. The van der Waals surface area contributed by atoms with E-state index in [4.69, 9.17) is 9.47 Å². The summed E-state index contributed by atoms with van der Waals surface area (Å²) in [6.07, 6.45) is -0.0349. The van der Waals surface area contributed by atoms with Crippen LogP contribution in [0.25, 0.3) is 0 Å². The van der Waals surface area contributed by atoms with Crippen molar-refractivity contribution in [3.63, 3.8) is 0 Å². The van der Waals surface area contributed by atoms with Gasteiger partial charge in [-0.05, 0) is 47.7 Å². The van der Waals surface area contributed by atoms with Gasteiger partial charge in [-0.3, -0.25) is 14.4 Å². The van der Waals surface area contributed by atoms with Gasteiger partial charge in [0.2, 0.25) is 0 Å². The van der Waals surface area contributed by atoms with Gasteiger partial charge in [-0.15, -0.1) is 0 Å². The Kier molecular flexibility index (Phi) is 8.19. The lowest BCUT2D eigenvalue weighted by Gasteiger charge is -2.19. The van der Waals surface area contributed by atoms with E-state index in [1.807, 2.05) is 25.1 Å². The van der Waals surface area contributed by atoms with E-state index in [0.29, 0.717) is 17.0 Å². The highest BCUT2D eigenvalue weighted by molar-refractivity contribution is 5.95. The first-order chi connectivity index (χ1) is 14.6. The highest BCUT2D eigenvalue weighted by Crippen LogP contribution is 2.25. The van der Waals surface area contributed by atoms with E-state index >= 15 is 0 Å². The van der Waals surface area contributed by atoms with Gasteiger partial charge in [-0.1, -0.05) is 39.0 Å². The van der Waals surface area contributed by atoms with Crippen molar-refractivity contribution in [2.24, 2.45) is 0 Å². The van der Waals surface area contributed by atoms with Gasteiger partial charge in [-0.2, -0.15) is 0 Å². The third kappa shape index (κ3) is 7.44. The average molecular weight is 427 g/mol. The number of aryl methyl sites for hydroxylation is 1. The Morgan fingerprint density at radius 2 is 1.68 bits per heavy atom. The summed E-state index contributed by atoms with van der Waals surface area (Å²) in [5.41, 5.74) is 3.13. The molecule has 31 heavy (non-hydrogen) atoms. The number of benzene rings is 2. The molecule has 0 bridgehead atoms. The molecule has 0 saturated heterocycles. The minimum absolute atomic E-state index is 0.00945. The van der Waals surface area contributed by atoms with Crippen molar-refractivity contribution >= 4 is 23.5 Å². The third-order valence-corrected chi connectivity index (χ3v) is 4.62. The van der Waals surface area contributed by atoms with Crippen LogP contribution in [-0.2, 0) is 19.7 Å². The lowest BCUT2D eigenvalue weighted by molar-refractivity contribution is -0.147. The van der Waals surface area contributed by atoms with Gasteiger partial charge in [0.25, 0.3) is 11.8 Å². The lowest BCUT2D eigenvalue weighted by atomic mass is 9.87. The molecule has 0 saturated carbocycles. The van der Waals surface area contributed by atoms with Gasteiger partial charge in [0.1, 0.15) is 5.75 Å². The van der Waals surface area contributed by atoms with Crippen LogP contribution in [0.4, 0.5) is 5.69 Å². The fourth-order valence-corrected chi connectivity index (χ4v) is 2.83. The van der Waals surface area contributed by atoms with E-state index in [1.165, 1.54) is 7.11 Å². The van der Waals surface area contributed by atoms with Gasteiger partial charge in [0.05, 0.1) is 19.2 Å². The minimum Gasteiger partial charge on any atom is -0.495 e. The van der Waals surface area contributed by atoms with E-state index in [9.17, 15) is 14.4 Å². The predicted molar refractivity (Wildman–Crippen MR) is 119 cm³/mol. The van der Waals surface area contributed by atoms with Crippen molar-refractivity contribution in [3.8, 4) is 5.75 Å².